The van der Waals surface area contributed by atoms with Gasteiger partial charge >= 0.3 is 0 Å². The Balaban J connectivity index is 1.46. The van der Waals surface area contributed by atoms with Crippen LogP contribution < -0.4 is 5.32 Å². The Morgan fingerprint density at radius 2 is 2.00 bits per heavy atom. The minimum absolute atomic E-state index is 0.0296. The Labute approximate surface area is 170 Å². The molecule has 0 unspecified atom stereocenters. The van der Waals surface area contributed by atoms with E-state index in [-0.39, 0.29) is 17.7 Å². The fourth-order valence-corrected chi connectivity index (χ4v) is 3.76. The number of amides is 2. The summed E-state index contributed by atoms with van der Waals surface area (Å²) in [6, 6.07) is 8.94. The van der Waals surface area contributed by atoms with Crippen LogP contribution in [0.1, 0.15) is 41.0 Å². The van der Waals surface area contributed by atoms with Gasteiger partial charge in [-0.15, -0.1) is 0 Å². The molecule has 150 valence electrons. The first-order valence-corrected chi connectivity index (χ1v) is 10.2. The van der Waals surface area contributed by atoms with Crippen molar-refractivity contribution in [2.75, 3.05) is 19.6 Å². The molecule has 3 rings (SSSR count). The zero-order valence-corrected chi connectivity index (χ0v) is 17.2. The van der Waals surface area contributed by atoms with Crippen molar-refractivity contribution >= 4 is 23.4 Å². The maximum Gasteiger partial charge on any atom is 0.253 e. The molecule has 1 saturated heterocycles. The van der Waals surface area contributed by atoms with Crippen LogP contribution in [0.3, 0.4) is 0 Å². The Bertz CT molecular complexity index is 831. The number of piperidine rings is 1. The molecule has 0 saturated carbocycles. The van der Waals surface area contributed by atoms with Crippen molar-refractivity contribution in [3.63, 3.8) is 0 Å². The van der Waals surface area contributed by atoms with E-state index >= 15 is 0 Å². The standard InChI is InChI=1S/C21H27ClN4O2/c1-15-13-16(2)26(24-15)12-4-10-23-20(27)18-5-3-11-25(14-18)21(28)17-6-8-19(22)9-7-17/h6-9,13,18H,3-5,10-12,14H2,1-2H3,(H,23,27)/t18-/m1/s1. The van der Waals surface area contributed by atoms with Crippen LogP contribution in [0.5, 0.6) is 0 Å². The number of benzene rings is 1. The molecular weight excluding hydrogens is 376 g/mol. The van der Waals surface area contributed by atoms with E-state index in [1.165, 1.54) is 0 Å². The monoisotopic (exact) mass is 402 g/mol. The number of aromatic nitrogens is 2. The molecule has 1 aliphatic heterocycles. The van der Waals surface area contributed by atoms with Crippen molar-refractivity contribution < 1.29 is 9.59 Å². The van der Waals surface area contributed by atoms with Crippen LogP contribution in [-0.4, -0.2) is 46.1 Å². The van der Waals surface area contributed by atoms with E-state index in [2.05, 4.69) is 10.4 Å². The molecule has 0 aliphatic carbocycles. The largest absolute Gasteiger partial charge is 0.356 e. The predicted octanol–water partition coefficient (Wildman–Crippen LogP) is 3.21. The zero-order chi connectivity index (χ0) is 20.1. The summed E-state index contributed by atoms with van der Waals surface area (Å²) in [5.74, 6) is -0.167. The number of hydrogen-bond donors (Lipinski definition) is 1. The molecule has 1 aliphatic rings. The molecule has 0 spiro atoms. The molecule has 6 nitrogen and oxygen atoms in total. The Morgan fingerprint density at radius 1 is 1.25 bits per heavy atom. The number of rotatable bonds is 6. The highest BCUT2D eigenvalue weighted by Crippen LogP contribution is 2.20. The van der Waals surface area contributed by atoms with E-state index < -0.39 is 0 Å². The highest BCUT2D eigenvalue weighted by atomic mass is 35.5. The molecule has 1 atom stereocenters. The van der Waals surface area contributed by atoms with Crippen LogP contribution in [0, 0.1) is 19.8 Å². The smallest absolute Gasteiger partial charge is 0.253 e. The van der Waals surface area contributed by atoms with Crippen LogP contribution in [-0.2, 0) is 11.3 Å². The number of carbonyl (C=O) groups is 2. The van der Waals surface area contributed by atoms with Gasteiger partial charge in [-0.25, -0.2) is 0 Å². The van der Waals surface area contributed by atoms with Crippen LogP contribution in [0.2, 0.25) is 5.02 Å². The molecule has 1 fully saturated rings. The number of hydrogen-bond acceptors (Lipinski definition) is 3. The van der Waals surface area contributed by atoms with Gasteiger partial charge in [-0.2, -0.15) is 5.10 Å². The van der Waals surface area contributed by atoms with E-state index in [0.717, 1.165) is 37.2 Å². The number of nitrogens with one attached hydrogen (secondary N) is 1. The maximum absolute atomic E-state index is 12.7. The lowest BCUT2D eigenvalue weighted by Crippen LogP contribution is -2.45. The van der Waals surface area contributed by atoms with E-state index in [0.29, 0.717) is 30.2 Å². The highest BCUT2D eigenvalue weighted by molar-refractivity contribution is 6.30. The van der Waals surface area contributed by atoms with Crippen LogP contribution >= 0.6 is 11.6 Å². The second-order valence-electron chi connectivity index (χ2n) is 7.39. The van der Waals surface area contributed by atoms with Crippen molar-refractivity contribution in [3.8, 4) is 0 Å². The van der Waals surface area contributed by atoms with E-state index in [9.17, 15) is 9.59 Å². The summed E-state index contributed by atoms with van der Waals surface area (Å²) in [6.07, 6.45) is 2.48. The average molecular weight is 403 g/mol. The molecule has 2 heterocycles. The normalized spacial score (nSPS) is 16.8. The topological polar surface area (TPSA) is 67.2 Å². The molecule has 1 aromatic carbocycles. The molecular formula is C21H27ClN4O2. The molecule has 1 N–H and O–H groups in total. The predicted molar refractivity (Wildman–Crippen MR) is 109 cm³/mol. The molecule has 2 amide bonds. The third-order valence-electron chi connectivity index (χ3n) is 5.12. The third-order valence-corrected chi connectivity index (χ3v) is 5.37. The summed E-state index contributed by atoms with van der Waals surface area (Å²) < 4.78 is 1.97. The van der Waals surface area contributed by atoms with Crippen molar-refractivity contribution in [2.45, 2.75) is 39.7 Å². The summed E-state index contributed by atoms with van der Waals surface area (Å²) in [4.78, 5) is 27.0. The highest BCUT2D eigenvalue weighted by Gasteiger charge is 2.28. The first kappa shape index (κ1) is 20.4. The van der Waals surface area contributed by atoms with Gasteiger partial charge < -0.3 is 10.2 Å². The van der Waals surface area contributed by atoms with Crippen molar-refractivity contribution in [1.29, 1.82) is 0 Å². The maximum atomic E-state index is 12.7. The number of carbonyl (C=O) groups excluding carboxylic acids is 2. The van der Waals surface area contributed by atoms with Gasteiger partial charge in [-0.1, -0.05) is 11.6 Å². The quantitative estimate of drug-likeness (QED) is 0.754. The van der Waals surface area contributed by atoms with E-state index in [1.54, 1.807) is 29.2 Å². The summed E-state index contributed by atoms with van der Waals surface area (Å²) in [5, 5.41) is 8.06. The molecule has 1 aromatic heterocycles. The van der Waals surface area contributed by atoms with E-state index in [1.807, 2.05) is 24.6 Å². The fraction of sp³-hybridized carbons (Fsp3) is 0.476. The van der Waals surface area contributed by atoms with Gasteiger partial charge in [0.1, 0.15) is 0 Å². The minimum atomic E-state index is -0.154. The SMILES string of the molecule is Cc1cc(C)n(CCCNC(=O)[C@@H]2CCCN(C(=O)c3ccc(Cl)cc3)C2)n1. The first-order valence-electron chi connectivity index (χ1n) is 9.77. The Hall–Kier alpha value is -2.34. The van der Waals surface area contributed by atoms with Gasteiger partial charge in [-0.05, 0) is 63.4 Å². The second-order valence-corrected chi connectivity index (χ2v) is 7.83. The fourth-order valence-electron chi connectivity index (χ4n) is 3.64. The second kappa shape index (κ2) is 9.24. The third kappa shape index (κ3) is 5.13. The molecule has 28 heavy (non-hydrogen) atoms. The lowest BCUT2D eigenvalue weighted by atomic mass is 9.96. The van der Waals surface area contributed by atoms with E-state index in [4.69, 9.17) is 11.6 Å². The van der Waals surface area contributed by atoms with Gasteiger partial charge in [0.05, 0.1) is 11.6 Å². The zero-order valence-electron chi connectivity index (χ0n) is 16.4. The lowest BCUT2D eigenvalue weighted by molar-refractivity contribution is -0.126. The van der Waals surface area contributed by atoms with Crippen molar-refractivity contribution in [3.05, 3.63) is 52.3 Å². The van der Waals surface area contributed by atoms with Gasteiger partial charge in [0.2, 0.25) is 5.91 Å². The summed E-state index contributed by atoms with van der Waals surface area (Å²) in [5.41, 5.74) is 2.75. The molecule has 2 aromatic rings. The van der Waals surface area contributed by atoms with Gasteiger partial charge in [-0.3, -0.25) is 14.3 Å². The summed E-state index contributed by atoms with van der Waals surface area (Å²) in [6.45, 7) is 6.55. The first-order chi connectivity index (χ1) is 13.4. The lowest BCUT2D eigenvalue weighted by Gasteiger charge is -2.32. The minimum Gasteiger partial charge on any atom is -0.356 e. The number of aryl methyl sites for hydroxylation is 3. The summed E-state index contributed by atoms with van der Waals surface area (Å²) >= 11 is 5.89. The van der Waals surface area contributed by atoms with Crippen LogP contribution in [0.4, 0.5) is 0 Å². The van der Waals surface area contributed by atoms with Gasteiger partial charge in [0, 0.05) is 42.5 Å². The van der Waals surface area contributed by atoms with Gasteiger partial charge in [0.25, 0.3) is 5.91 Å². The van der Waals surface area contributed by atoms with Crippen LogP contribution in [0.15, 0.2) is 30.3 Å². The molecule has 0 bridgehead atoms. The Kier molecular flexibility index (Phi) is 6.73. The number of likely N-dealkylation sites (tertiary alicyclic amines) is 1. The molecule has 7 heteroatoms. The van der Waals surface area contributed by atoms with Gasteiger partial charge in [0.15, 0.2) is 0 Å². The number of halogens is 1. The molecule has 0 radical (unpaired) electrons. The average Bonchev–Trinajstić information content (AvgIpc) is 3.02. The Morgan fingerprint density at radius 3 is 2.68 bits per heavy atom. The van der Waals surface area contributed by atoms with Crippen molar-refractivity contribution in [2.24, 2.45) is 5.92 Å². The van der Waals surface area contributed by atoms with Crippen molar-refractivity contribution in [1.82, 2.24) is 20.0 Å². The summed E-state index contributed by atoms with van der Waals surface area (Å²) in [7, 11) is 0. The number of nitrogens with zero attached hydrogens (tertiary/aromatic N) is 3. The van der Waals surface area contributed by atoms with Crippen LogP contribution in [0.25, 0.3) is 0 Å².